The number of aryl methyl sites for hydroxylation is 1. The molecule has 3 N–H and O–H groups in total. The number of nitrogens with zero attached hydrogens (tertiary/aromatic N) is 3. The third-order valence-corrected chi connectivity index (χ3v) is 5.94. The predicted octanol–water partition coefficient (Wildman–Crippen LogP) is 0.863. The van der Waals surface area contributed by atoms with Gasteiger partial charge in [-0.15, -0.1) is 0 Å². The smallest absolute Gasteiger partial charge is 0.223 e. The van der Waals surface area contributed by atoms with E-state index in [1.54, 1.807) is 6.33 Å². The molecule has 2 aliphatic carbocycles. The SMILES string of the molecule is NC1C2CCCC1CC(C(=O)NC1CCc3ncnn3C1)C2. The fourth-order valence-corrected chi connectivity index (χ4v) is 4.68. The van der Waals surface area contributed by atoms with Crippen molar-refractivity contribution in [3.05, 3.63) is 12.2 Å². The molecular formula is C16H25N5O. The first kappa shape index (κ1) is 14.2. The fourth-order valence-electron chi connectivity index (χ4n) is 4.68. The zero-order chi connectivity index (χ0) is 15.1. The molecule has 0 radical (unpaired) electrons. The normalized spacial score (nSPS) is 37.4. The van der Waals surface area contributed by atoms with Crippen molar-refractivity contribution in [2.75, 3.05) is 0 Å². The largest absolute Gasteiger partial charge is 0.351 e. The Hall–Kier alpha value is -1.43. The summed E-state index contributed by atoms with van der Waals surface area (Å²) in [5, 5.41) is 7.48. The van der Waals surface area contributed by atoms with Crippen molar-refractivity contribution in [2.24, 2.45) is 23.5 Å². The summed E-state index contributed by atoms with van der Waals surface area (Å²) in [4.78, 5) is 16.9. The van der Waals surface area contributed by atoms with Gasteiger partial charge in [-0.05, 0) is 43.9 Å². The molecule has 3 aliphatic rings. The van der Waals surface area contributed by atoms with Gasteiger partial charge in [-0.1, -0.05) is 6.42 Å². The van der Waals surface area contributed by atoms with Crippen molar-refractivity contribution in [1.29, 1.82) is 0 Å². The molecule has 2 heterocycles. The molecule has 3 unspecified atom stereocenters. The number of carbonyl (C=O) groups excluding carboxylic acids is 1. The average Bonchev–Trinajstić information content (AvgIpc) is 2.94. The lowest BCUT2D eigenvalue weighted by Gasteiger charge is -2.43. The maximum atomic E-state index is 12.7. The van der Waals surface area contributed by atoms with Crippen LogP contribution in [0.15, 0.2) is 6.33 Å². The summed E-state index contributed by atoms with van der Waals surface area (Å²) in [7, 11) is 0. The van der Waals surface area contributed by atoms with Crippen LogP contribution < -0.4 is 11.1 Å². The second-order valence-electron chi connectivity index (χ2n) is 7.30. The number of fused-ring (bicyclic) bond motifs is 3. The first-order valence-electron chi connectivity index (χ1n) is 8.63. The zero-order valence-electron chi connectivity index (χ0n) is 12.9. The highest BCUT2D eigenvalue weighted by Gasteiger charge is 2.40. The molecular weight excluding hydrogens is 278 g/mol. The predicted molar refractivity (Wildman–Crippen MR) is 81.8 cm³/mol. The molecule has 120 valence electrons. The second kappa shape index (κ2) is 5.65. The highest BCUT2D eigenvalue weighted by Crippen LogP contribution is 2.41. The van der Waals surface area contributed by atoms with Gasteiger partial charge in [-0.2, -0.15) is 5.10 Å². The van der Waals surface area contributed by atoms with Gasteiger partial charge in [-0.3, -0.25) is 4.79 Å². The second-order valence-corrected chi connectivity index (χ2v) is 7.30. The van der Waals surface area contributed by atoms with Crippen LogP contribution in [0.4, 0.5) is 0 Å². The van der Waals surface area contributed by atoms with Crippen LogP contribution in [0.3, 0.4) is 0 Å². The molecule has 1 amide bonds. The van der Waals surface area contributed by atoms with Gasteiger partial charge in [0.15, 0.2) is 0 Å². The first-order valence-corrected chi connectivity index (χ1v) is 8.63. The number of carbonyl (C=O) groups is 1. The summed E-state index contributed by atoms with van der Waals surface area (Å²) in [6.45, 7) is 0.750. The van der Waals surface area contributed by atoms with Crippen molar-refractivity contribution in [1.82, 2.24) is 20.1 Å². The Labute approximate surface area is 130 Å². The van der Waals surface area contributed by atoms with E-state index in [1.165, 1.54) is 19.3 Å². The molecule has 1 aliphatic heterocycles. The van der Waals surface area contributed by atoms with Gasteiger partial charge >= 0.3 is 0 Å². The van der Waals surface area contributed by atoms with E-state index in [4.69, 9.17) is 5.73 Å². The molecule has 4 rings (SSSR count). The van der Waals surface area contributed by atoms with Crippen LogP contribution in [0, 0.1) is 17.8 Å². The Bertz CT molecular complexity index is 542. The zero-order valence-corrected chi connectivity index (χ0v) is 12.9. The minimum atomic E-state index is 0.159. The lowest BCUT2D eigenvalue weighted by molar-refractivity contribution is -0.128. The number of rotatable bonds is 2. The van der Waals surface area contributed by atoms with Gasteiger partial charge in [0.05, 0.1) is 6.54 Å². The quantitative estimate of drug-likeness (QED) is 0.848. The molecule has 1 aromatic rings. The monoisotopic (exact) mass is 303 g/mol. The van der Waals surface area contributed by atoms with E-state index >= 15 is 0 Å². The summed E-state index contributed by atoms with van der Waals surface area (Å²) < 4.78 is 1.92. The fraction of sp³-hybridized carbons (Fsp3) is 0.812. The van der Waals surface area contributed by atoms with Crippen molar-refractivity contribution in [2.45, 2.75) is 63.6 Å². The molecule has 2 bridgehead atoms. The molecule has 3 atom stereocenters. The van der Waals surface area contributed by atoms with Crippen LogP contribution in [-0.4, -0.2) is 32.8 Å². The molecule has 1 aromatic heterocycles. The number of aromatic nitrogens is 3. The van der Waals surface area contributed by atoms with E-state index in [0.717, 1.165) is 38.1 Å². The van der Waals surface area contributed by atoms with Crippen molar-refractivity contribution >= 4 is 5.91 Å². The van der Waals surface area contributed by atoms with Gasteiger partial charge in [0.1, 0.15) is 12.2 Å². The van der Waals surface area contributed by atoms with Gasteiger partial charge in [-0.25, -0.2) is 9.67 Å². The average molecular weight is 303 g/mol. The number of nitrogens with two attached hydrogens (primary N) is 1. The molecule has 2 saturated carbocycles. The standard InChI is InChI=1S/C16H25N5O/c17-15-10-2-1-3-11(15)7-12(6-10)16(22)20-13-4-5-14-18-9-19-21(14)8-13/h9-13,15H,1-8,17H2,(H,20,22). The maximum absolute atomic E-state index is 12.7. The summed E-state index contributed by atoms with van der Waals surface area (Å²) in [6.07, 6.45) is 9.10. The first-order chi connectivity index (χ1) is 10.7. The van der Waals surface area contributed by atoms with E-state index in [2.05, 4.69) is 15.4 Å². The Morgan fingerprint density at radius 2 is 2.05 bits per heavy atom. The minimum Gasteiger partial charge on any atom is -0.351 e. The number of nitrogens with one attached hydrogen (secondary N) is 1. The summed E-state index contributed by atoms with van der Waals surface area (Å²) in [6, 6.07) is 0.516. The molecule has 0 saturated heterocycles. The Kier molecular flexibility index (Phi) is 3.64. The number of hydrogen-bond acceptors (Lipinski definition) is 4. The van der Waals surface area contributed by atoms with E-state index in [-0.39, 0.29) is 17.9 Å². The van der Waals surface area contributed by atoms with Crippen molar-refractivity contribution in [3.8, 4) is 0 Å². The Morgan fingerprint density at radius 1 is 1.27 bits per heavy atom. The topological polar surface area (TPSA) is 85.8 Å². The Morgan fingerprint density at radius 3 is 2.82 bits per heavy atom. The van der Waals surface area contributed by atoms with Crippen LogP contribution in [-0.2, 0) is 17.8 Å². The number of amides is 1. The van der Waals surface area contributed by atoms with Crippen LogP contribution in [0.5, 0.6) is 0 Å². The van der Waals surface area contributed by atoms with Gasteiger partial charge in [0.2, 0.25) is 5.91 Å². The summed E-state index contributed by atoms with van der Waals surface area (Å²) in [5.41, 5.74) is 6.32. The highest BCUT2D eigenvalue weighted by molar-refractivity contribution is 5.79. The molecule has 6 heteroatoms. The summed E-state index contributed by atoms with van der Waals surface area (Å²) in [5.74, 6) is 2.53. The van der Waals surface area contributed by atoms with E-state index in [0.29, 0.717) is 17.9 Å². The Balaban J connectivity index is 1.37. The van der Waals surface area contributed by atoms with Crippen molar-refractivity contribution in [3.63, 3.8) is 0 Å². The van der Waals surface area contributed by atoms with Gasteiger partial charge < -0.3 is 11.1 Å². The van der Waals surface area contributed by atoms with Crippen LogP contribution >= 0.6 is 0 Å². The third-order valence-electron chi connectivity index (χ3n) is 5.94. The van der Waals surface area contributed by atoms with Crippen molar-refractivity contribution < 1.29 is 4.79 Å². The summed E-state index contributed by atoms with van der Waals surface area (Å²) >= 11 is 0. The minimum absolute atomic E-state index is 0.159. The van der Waals surface area contributed by atoms with Crippen LogP contribution in [0.1, 0.15) is 44.3 Å². The molecule has 22 heavy (non-hydrogen) atoms. The number of hydrogen-bond donors (Lipinski definition) is 2. The van der Waals surface area contributed by atoms with Crippen LogP contribution in [0.2, 0.25) is 0 Å². The third kappa shape index (κ3) is 2.53. The van der Waals surface area contributed by atoms with E-state index in [9.17, 15) is 4.79 Å². The lowest BCUT2D eigenvalue weighted by Crippen LogP contribution is -2.51. The van der Waals surface area contributed by atoms with Crippen LogP contribution in [0.25, 0.3) is 0 Å². The molecule has 0 aromatic carbocycles. The maximum Gasteiger partial charge on any atom is 0.223 e. The van der Waals surface area contributed by atoms with E-state index in [1.807, 2.05) is 4.68 Å². The highest BCUT2D eigenvalue weighted by atomic mass is 16.2. The van der Waals surface area contributed by atoms with Gasteiger partial charge in [0, 0.05) is 24.4 Å². The molecule has 2 fully saturated rings. The van der Waals surface area contributed by atoms with Gasteiger partial charge in [0.25, 0.3) is 0 Å². The lowest BCUT2D eigenvalue weighted by atomic mass is 9.65. The molecule has 0 spiro atoms. The van der Waals surface area contributed by atoms with E-state index < -0.39 is 0 Å². The molecule has 6 nitrogen and oxygen atoms in total.